The molecule has 0 aromatic heterocycles. The molecule has 0 aromatic carbocycles. The van der Waals surface area contributed by atoms with Crippen LogP contribution < -0.4 is 0 Å². The molecule has 5 nitrogen and oxygen atoms in total. The number of aliphatic carboxylic acids is 2. The van der Waals surface area contributed by atoms with Gasteiger partial charge in [0.15, 0.2) is 0 Å². The molecule has 0 amide bonds. The van der Waals surface area contributed by atoms with Crippen molar-refractivity contribution >= 4 is 11.9 Å². The largest absolute Gasteiger partial charge is 0.481 e. The lowest BCUT2D eigenvalue weighted by Gasteiger charge is -2.57. The number of carboxylic acid groups (broad SMARTS) is 2. The summed E-state index contributed by atoms with van der Waals surface area (Å²) < 4.78 is 0. The highest BCUT2D eigenvalue weighted by Gasteiger charge is 2.65. The van der Waals surface area contributed by atoms with E-state index in [2.05, 4.69) is 54.7 Å². The van der Waals surface area contributed by atoms with Crippen LogP contribution in [0.1, 0.15) is 99.3 Å². The fraction of sp³-hybridized carbons (Fsp3) is 0.742. The van der Waals surface area contributed by atoms with Crippen molar-refractivity contribution in [2.24, 2.45) is 39.9 Å². The Bertz CT molecular complexity index is 960. The molecule has 0 radical (unpaired) electrons. The van der Waals surface area contributed by atoms with Gasteiger partial charge in [0, 0.05) is 12.3 Å². The number of fused-ring (bicyclic) bond motifs is 2. The van der Waals surface area contributed by atoms with E-state index in [4.69, 9.17) is 0 Å². The smallest absolute Gasteiger partial charge is 0.306 e. The maximum atomic E-state index is 12.6. The molecule has 1 unspecified atom stereocenters. The summed E-state index contributed by atoms with van der Waals surface area (Å²) in [6, 6.07) is 0. The van der Waals surface area contributed by atoms with E-state index < -0.39 is 24.0 Å². The van der Waals surface area contributed by atoms with E-state index in [1.165, 1.54) is 11.1 Å². The predicted molar refractivity (Wildman–Crippen MR) is 143 cm³/mol. The van der Waals surface area contributed by atoms with Gasteiger partial charge in [0.25, 0.3) is 0 Å². The third-order valence-corrected chi connectivity index (χ3v) is 10.9. The molecule has 1 saturated carbocycles. The summed E-state index contributed by atoms with van der Waals surface area (Å²) in [5, 5.41) is 31.3. The quantitative estimate of drug-likeness (QED) is 0.280. The molecular formula is C31H48O5. The minimum absolute atomic E-state index is 0.122. The molecule has 0 bridgehead atoms. The summed E-state index contributed by atoms with van der Waals surface area (Å²) in [5.41, 5.74) is 3.97. The SMILES string of the molecule is C=C(CC[C@@H](C(=O)O)[C@H]1[C@H](O)C[C@@]2(C)C3=C(CC[C@]12C)[C@@](C)(CCC(=O)O)C(C(=C)C)CC3)C(C)C. The Morgan fingerprint density at radius 2 is 1.69 bits per heavy atom. The molecule has 1 fully saturated rings. The highest BCUT2D eigenvalue weighted by molar-refractivity contribution is 5.71. The highest BCUT2D eigenvalue weighted by atomic mass is 16.4. The molecule has 36 heavy (non-hydrogen) atoms. The van der Waals surface area contributed by atoms with E-state index in [0.717, 1.165) is 36.8 Å². The predicted octanol–water partition coefficient (Wildman–Crippen LogP) is 7.02. The third-order valence-electron chi connectivity index (χ3n) is 10.9. The van der Waals surface area contributed by atoms with Gasteiger partial charge >= 0.3 is 11.9 Å². The van der Waals surface area contributed by atoms with Crippen LogP contribution >= 0.6 is 0 Å². The molecule has 0 heterocycles. The number of carbonyl (C=O) groups is 2. The topological polar surface area (TPSA) is 94.8 Å². The van der Waals surface area contributed by atoms with Crippen molar-refractivity contribution in [1.82, 2.24) is 0 Å². The second-order valence-corrected chi connectivity index (χ2v) is 13.0. The van der Waals surface area contributed by atoms with Gasteiger partial charge in [-0.3, -0.25) is 9.59 Å². The van der Waals surface area contributed by atoms with Gasteiger partial charge < -0.3 is 15.3 Å². The fourth-order valence-corrected chi connectivity index (χ4v) is 8.50. The fourth-order valence-electron chi connectivity index (χ4n) is 8.50. The van der Waals surface area contributed by atoms with Crippen LogP contribution in [-0.4, -0.2) is 33.4 Å². The third kappa shape index (κ3) is 4.61. The zero-order valence-electron chi connectivity index (χ0n) is 23.3. The van der Waals surface area contributed by atoms with Gasteiger partial charge in [-0.2, -0.15) is 0 Å². The minimum Gasteiger partial charge on any atom is -0.481 e. The average molecular weight is 501 g/mol. The van der Waals surface area contributed by atoms with Crippen molar-refractivity contribution in [2.75, 3.05) is 0 Å². The van der Waals surface area contributed by atoms with Gasteiger partial charge in [0.2, 0.25) is 0 Å². The number of aliphatic hydroxyl groups is 1. The summed E-state index contributed by atoms with van der Waals surface area (Å²) in [6.07, 6.45) is 5.21. The number of carboxylic acids is 2. The lowest BCUT2D eigenvalue weighted by molar-refractivity contribution is -0.148. The lowest BCUT2D eigenvalue weighted by Crippen LogP contribution is -2.49. The highest BCUT2D eigenvalue weighted by Crippen LogP contribution is 2.71. The first-order chi connectivity index (χ1) is 16.6. The first kappa shape index (κ1) is 28.7. The number of hydrogen-bond acceptors (Lipinski definition) is 3. The monoisotopic (exact) mass is 500 g/mol. The Hall–Kier alpha value is -1.88. The van der Waals surface area contributed by atoms with Gasteiger partial charge in [0.05, 0.1) is 12.0 Å². The van der Waals surface area contributed by atoms with E-state index in [1.54, 1.807) is 0 Å². The van der Waals surface area contributed by atoms with E-state index in [0.29, 0.717) is 31.6 Å². The zero-order valence-corrected chi connectivity index (χ0v) is 23.3. The molecule has 7 atom stereocenters. The van der Waals surface area contributed by atoms with Crippen molar-refractivity contribution in [1.29, 1.82) is 0 Å². The molecule has 0 spiro atoms. The molecule has 3 aliphatic rings. The number of aliphatic hydroxyl groups excluding tert-OH is 1. The van der Waals surface area contributed by atoms with Crippen molar-refractivity contribution in [2.45, 2.75) is 105 Å². The molecule has 3 N–H and O–H groups in total. The van der Waals surface area contributed by atoms with E-state index in [9.17, 15) is 24.9 Å². The van der Waals surface area contributed by atoms with Crippen LogP contribution in [0.4, 0.5) is 0 Å². The molecule has 0 aromatic rings. The van der Waals surface area contributed by atoms with Crippen LogP contribution in [0.25, 0.3) is 0 Å². The van der Waals surface area contributed by atoms with Crippen molar-refractivity contribution in [3.05, 3.63) is 35.5 Å². The maximum absolute atomic E-state index is 12.6. The normalized spacial score (nSPS) is 36.8. The Kier molecular flexibility index (Phi) is 8.06. The Morgan fingerprint density at radius 3 is 2.22 bits per heavy atom. The van der Waals surface area contributed by atoms with E-state index in [-0.39, 0.29) is 34.5 Å². The zero-order chi connectivity index (χ0) is 27.2. The molecule has 5 heteroatoms. The number of hydrogen-bond donors (Lipinski definition) is 3. The van der Waals surface area contributed by atoms with Crippen LogP contribution in [0.5, 0.6) is 0 Å². The van der Waals surface area contributed by atoms with Crippen LogP contribution in [-0.2, 0) is 9.59 Å². The molecule has 3 aliphatic carbocycles. The van der Waals surface area contributed by atoms with Crippen LogP contribution in [0.3, 0.4) is 0 Å². The van der Waals surface area contributed by atoms with Crippen LogP contribution in [0.15, 0.2) is 35.5 Å². The molecular weight excluding hydrogens is 452 g/mol. The lowest BCUT2D eigenvalue weighted by atomic mass is 9.47. The van der Waals surface area contributed by atoms with Gasteiger partial charge in [-0.05, 0) is 86.4 Å². The second-order valence-electron chi connectivity index (χ2n) is 13.0. The standard InChI is InChI=1S/C31H48O5/c1-18(2)20(5)9-10-21(28(35)36)27-25(32)17-31(8)24-12-11-22(19(3)4)29(6,15-14-26(33)34)23(24)13-16-30(27,31)7/h18,21-22,25,27,32H,3,5,9-17H2,1-2,4,6-8H3,(H,33,34)(H,35,36)/t21-,22?,25-,27+,29+,30-,31+/m1/s1. The molecule has 0 saturated heterocycles. The van der Waals surface area contributed by atoms with Gasteiger partial charge in [0.1, 0.15) is 0 Å². The summed E-state index contributed by atoms with van der Waals surface area (Å²) in [5.74, 6) is -1.99. The molecule has 202 valence electrons. The van der Waals surface area contributed by atoms with Crippen LogP contribution in [0.2, 0.25) is 0 Å². The summed E-state index contributed by atoms with van der Waals surface area (Å²) in [7, 11) is 0. The summed E-state index contributed by atoms with van der Waals surface area (Å²) in [4.78, 5) is 24.1. The van der Waals surface area contributed by atoms with E-state index >= 15 is 0 Å². The molecule has 0 aliphatic heterocycles. The van der Waals surface area contributed by atoms with Crippen molar-refractivity contribution in [3.8, 4) is 0 Å². The van der Waals surface area contributed by atoms with Crippen molar-refractivity contribution < 1.29 is 24.9 Å². The Morgan fingerprint density at radius 1 is 1.06 bits per heavy atom. The first-order valence-corrected chi connectivity index (χ1v) is 13.8. The average Bonchev–Trinajstić information content (AvgIpc) is 2.98. The van der Waals surface area contributed by atoms with Gasteiger partial charge in [-0.15, -0.1) is 0 Å². The van der Waals surface area contributed by atoms with Gasteiger partial charge in [-0.25, -0.2) is 0 Å². The van der Waals surface area contributed by atoms with Crippen LogP contribution in [0, 0.1) is 39.9 Å². The first-order valence-electron chi connectivity index (χ1n) is 13.8. The second kappa shape index (κ2) is 10.1. The minimum atomic E-state index is -0.821. The maximum Gasteiger partial charge on any atom is 0.306 e. The molecule has 3 rings (SSSR count). The van der Waals surface area contributed by atoms with Gasteiger partial charge in [-0.1, -0.05) is 70.1 Å². The number of rotatable bonds is 10. The van der Waals surface area contributed by atoms with Crippen molar-refractivity contribution in [3.63, 3.8) is 0 Å². The number of allylic oxidation sites excluding steroid dienone is 4. The summed E-state index contributed by atoms with van der Waals surface area (Å²) in [6.45, 7) is 21.3. The summed E-state index contributed by atoms with van der Waals surface area (Å²) >= 11 is 0. The van der Waals surface area contributed by atoms with E-state index in [1.807, 2.05) is 0 Å². The Labute approximate surface area is 217 Å². The Balaban J connectivity index is 2.05.